The molecular weight excluding hydrogens is 222 g/mol. The van der Waals surface area contributed by atoms with E-state index in [2.05, 4.69) is 10.1 Å². The first-order chi connectivity index (χ1) is 7.77. The Morgan fingerprint density at radius 2 is 1.71 bits per heavy atom. The Morgan fingerprint density at radius 1 is 1.12 bits per heavy atom. The van der Waals surface area contributed by atoms with Gasteiger partial charge in [0.25, 0.3) is 0 Å². The molecule has 1 amide bonds. The molecule has 0 heterocycles. The lowest BCUT2D eigenvalue weighted by atomic mass is 9.91. The zero-order chi connectivity index (χ0) is 13.5. The highest BCUT2D eigenvalue weighted by Gasteiger charge is 2.21. The highest BCUT2D eigenvalue weighted by atomic mass is 16.5. The third-order valence-corrected chi connectivity index (χ3v) is 2.30. The van der Waals surface area contributed by atoms with Crippen molar-refractivity contribution in [2.75, 3.05) is 13.7 Å². The van der Waals surface area contributed by atoms with Crippen LogP contribution in [0.25, 0.3) is 0 Å². The van der Waals surface area contributed by atoms with Gasteiger partial charge < -0.3 is 10.1 Å². The van der Waals surface area contributed by atoms with Gasteiger partial charge in [0.05, 0.1) is 13.7 Å². The van der Waals surface area contributed by atoms with E-state index in [4.69, 9.17) is 0 Å². The second kappa shape index (κ2) is 7.04. The first-order valence-corrected chi connectivity index (χ1v) is 5.64. The molecule has 0 aliphatic carbocycles. The number of hydrogen-bond donors (Lipinski definition) is 1. The van der Waals surface area contributed by atoms with Gasteiger partial charge in [-0.3, -0.25) is 14.4 Å². The van der Waals surface area contributed by atoms with Crippen LogP contribution in [-0.2, 0) is 19.1 Å². The summed E-state index contributed by atoms with van der Waals surface area (Å²) in [7, 11) is 1.31. The third kappa shape index (κ3) is 7.49. The van der Waals surface area contributed by atoms with Gasteiger partial charge >= 0.3 is 5.97 Å². The molecule has 1 N–H and O–H groups in total. The minimum absolute atomic E-state index is 0.0150. The number of rotatable bonds is 6. The second-order valence-electron chi connectivity index (χ2n) is 4.88. The molecule has 0 atom stereocenters. The Morgan fingerprint density at radius 3 is 2.18 bits per heavy atom. The molecule has 17 heavy (non-hydrogen) atoms. The maximum atomic E-state index is 11.5. The summed E-state index contributed by atoms with van der Waals surface area (Å²) in [5.41, 5.74) is -0.445. The van der Waals surface area contributed by atoms with Gasteiger partial charge in [-0.2, -0.15) is 0 Å². The van der Waals surface area contributed by atoms with Crippen LogP contribution in [0.1, 0.15) is 40.0 Å². The molecule has 0 aliphatic heterocycles. The molecule has 98 valence electrons. The fourth-order valence-electron chi connectivity index (χ4n) is 1.03. The minimum atomic E-state index is -0.445. The predicted molar refractivity (Wildman–Crippen MR) is 63.3 cm³/mol. The first-order valence-electron chi connectivity index (χ1n) is 5.64. The summed E-state index contributed by atoms with van der Waals surface area (Å²) in [6, 6.07) is 0. The van der Waals surface area contributed by atoms with E-state index < -0.39 is 5.41 Å². The van der Waals surface area contributed by atoms with Crippen molar-refractivity contribution in [3.8, 4) is 0 Å². The number of esters is 1. The van der Waals surface area contributed by atoms with Crippen LogP contribution in [0.5, 0.6) is 0 Å². The SMILES string of the molecule is COC(=O)CCCC(=O)NCC(=O)C(C)(C)C. The summed E-state index contributed by atoms with van der Waals surface area (Å²) in [4.78, 5) is 33.6. The molecule has 0 unspecified atom stereocenters. The number of methoxy groups -OCH3 is 1. The van der Waals surface area contributed by atoms with Gasteiger partial charge in [0, 0.05) is 18.3 Å². The largest absolute Gasteiger partial charge is 0.469 e. The van der Waals surface area contributed by atoms with Crippen molar-refractivity contribution in [1.82, 2.24) is 5.32 Å². The molecule has 0 spiro atoms. The van der Waals surface area contributed by atoms with Crippen LogP contribution in [0.15, 0.2) is 0 Å². The van der Waals surface area contributed by atoms with Crippen LogP contribution < -0.4 is 5.32 Å². The molecule has 0 rings (SSSR count). The van der Waals surface area contributed by atoms with Gasteiger partial charge in [-0.25, -0.2) is 0 Å². The Balaban J connectivity index is 3.74. The zero-order valence-electron chi connectivity index (χ0n) is 11.0. The van der Waals surface area contributed by atoms with Crippen molar-refractivity contribution in [3.63, 3.8) is 0 Å². The number of ether oxygens (including phenoxy) is 1. The molecular formula is C12H21NO4. The van der Waals surface area contributed by atoms with Gasteiger partial charge in [-0.1, -0.05) is 20.8 Å². The molecule has 0 aliphatic rings. The lowest BCUT2D eigenvalue weighted by Crippen LogP contribution is -2.35. The fraction of sp³-hybridized carbons (Fsp3) is 0.750. The average molecular weight is 243 g/mol. The van der Waals surface area contributed by atoms with E-state index in [0.717, 1.165) is 0 Å². The first kappa shape index (κ1) is 15.6. The van der Waals surface area contributed by atoms with Crippen LogP contribution >= 0.6 is 0 Å². The van der Waals surface area contributed by atoms with Crippen molar-refractivity contribution >= 4 is 17.7 Å². The van der Waals surface area contributed by atoms with Gasteiger partial charge in [-0.05, 0) is 6.42 Å². The van der Waals surface area contributed by atoms with E-state index in [0.29, 0.717) is 6.42 Å². The highest BCUT2D eigenvalue weighted by Crippen LogP contribution is 2.13. The Kier molecular flexibility index (Phi) is 6.46. The highest BCUT2D eigenvalue weighted by molar-refractivity contribution is 5.89. The number of amides is 1. The maximum Gasteiger partial charge on any atom is 0.305 e. The van der Waals surface area contributed by atoms with Gasteiger partial charge in [-0.15, -0.1) is 0 Å². The van der Waals surface area contributed by atoms with Gasteiger partial charge in [0.15, 0.2) is 5.78 Å². The van der Waals surface area contributed by atoms with E-state index in [1.807, 2.05) is 0 Å². The molecule has 0 radical (unpaired) electrons. The number of nitrogens with one attached hydrogen (secondary N) is 1. The lowest BCUT2D eigenvalue weighted by Gasteiger charge is -2.16. The molecule has 0 bridgehead atoms. The minimum Gasteiger partial charge on any atom is -0.469 e. The topological polar surface area (TPSA) is 72.5 Å². The van der Waals surface area contributed by atoms with E-state index >= 15 is 0 Å². The molecule has 0 aromatic heterocycles. The van der Waals surface area contributed by atoms with Crippen molar-refractivity contribution in [2.24, 2.45) is 5.41 Å². The zero-order valence-corrected chi connectivity index (χ0v) is 11.0. The molecule has 0 saturated carbocycles. The van der Waals surface area contributed by atoms with Gasteiger partial charge in [0.2, 0.25) is 5.91 Å². The quantitative estimate of drug-likeness (QED) is 0.708. The molecule has 0 aromatic carbocycles. The van der Waals surface area contributed by atoms with Crippen molar-refractivity contribution in [3.05, 3.63) is 0 Å². The Labute approximate surface area is 102 Å². The van der Waals surface area contributed by atoms with Crippen molar-refractivity contribution in [2.45, 2.75) is 40.0 Å². The number of carbonyl (C=O) groups excluding carboxylic acids is 3. The van der Waals surface area contributed by atoms with Crippen LogP contribution in [0.3, 0.4) is 0 Å². The lowest BCUT2D eigenvalue weighted by molar-refractivity contribution is -0.140. The summed E-state index contributed by atoms with van der Waals surface area (Å²) in [6.07, 6.45) is 0.881. The predicted octanol–water partition coefficient (Wildman–Crippen LogP) is 1.06. The number of ketones is 1. The maximum absolute atomic E-state index is 11.5. The summed E-state index contributed by atoms with van der Waals surface area (Å²) in [5, 5.41) is 2.54. The molecule has 0 fully saturated rings. The summed E-state index contributed by atoms with van der Waals surface area (Å²) < 4.78 is 4.45. The normalized spacial score (nSPS) is 10.8. The second-order valence-corrected chi connectivity index (χ2v) is 4.88. The smallest absolute Gasteiger partial charge is 0.305 e. The number of carbonyl (C=O) groups is 3. The summed E-state index contributed by atoms with van der Waals surface area (Å²) in [6.45, 7) is 5.46. The van der Waals surface area contributed by atoms with Gasteiger partial charge in [0.1, 0.15) is 0 Å². The monoisotopic (exact) mass is 243 g/mol. The van der Waals surface area contributed by atoms with Crippen LogP contribution in [0, 0.1) is 5.41 Å². The van der Waals surface area contributed by atoms with Crippen LogP contribution in [0.2, 0.25) is 0 Å². The summed E-state index contributed by atoms with van der Waals surface area (Å²) in [5.74, 6) is -0.561. The Bertz CT molecular complexity index is 291. The average Bonchev–Trinajstić information content (AvgIpc) is 2.24. The van der Waals surface area contributed by atoms with E-state index in [1.54, 1.807) is 20.8 Å². The van der Waals surface area contributed by atoms with Crippen molar-refractivity contribution < 1.29 is 19.1 Å². The fourth-order valence-corrected chi connectivity index (χ4v) is 1.03. The van der Waals surface area contributed by atoms with E-state index in [9.17, 15) is 14.4 Å². The number of Topliss-reactive ketones (excluding diaryl/α,β-unsaturated/α-hetero) is 1. The van der Waals surface area contributed by atoms with Crippen LogP contribution in [0.4, 0.5) is 0 Å². The van der Waals surface area contributed by atoms with E-state index in [1.165, 1.54) is 7.11 Å². The molecule has 0 saturated heterocycles. The third-order valence-electron chi connectivity index (χ3n) is 2.30. The Hall–Kier alpha value is -1.39. The standard InChI is InChI=1S/C12H21NO4/c1-12(2,3)9(14)8-13-10(15)6-5-7-11(16)17-4/h5-8H2,1-4H3,(H,13,15). The van der Waals surface area contributed by atoms with Crippen molar-refractivity contribution in [1.29, 1.82) is 0 Å². The summed E-state index contributed by atoms with van der Waals surface area (Å²) >= 11 is 0. The van der Waals surface area contributed by atoms with E-state index in [-0.39, 0.29) is 37.0 Å². The molecule has 0 aromatic rings. The molecule has 5 nitrogen and oxygen atoms in total. The molecule has 5 heteroatoms. The number of hydrogen-bond acceptors (Lipinski definition) is 4. The van der Waals surface area contributed by atoms with Crippen LogP contribution in [-0.4, -0.2) is 31.3 Å².